The Bertz CT molecular complexity index is 195. The Morgan fingerprint density at radius 3 is 1.47 bits per heavy atom. The van der Waals surface area contributed by atoms with Crippen LogP contribution < -0.4 is 0 Å². The van der Waals surface area contributed by atoms with Gasteiger partial charge in [-0.25, -0.2) is 0 Å². The lowest BCUT2D eigenvalue weighted by Gasteiger charge is -2.03. The van der Waals surface area contributed by atoms with E-state index in [4.69, 9.17) is 0 Å². The van der Waals surface area contributed by atoms with E-state index < -0.39 is 0 Å². The zero-order valence-electron chi connectivity index (χ0n) is 13.2. The molecule has 0 aromatic carbocycles. The van der Waals surface area contributed by atoms with Gasteiger partial charge in [0.2, 0.25) is 0 Å². The van der Waals surface area contributed by atoms with E-state index in [9.17, 15) is 4.79 Å². The average Bonchev–Trinajstić information content (AvgIpc) is 2.43. The lowest BCUT2D eigenvalue weighted by atomic mass is 10.0. The number of ether oxygens (including phenoxy) is 1. The maximum Gasteiger partial charge on any atom is 0.305 e. The highest BCUT2D eigenvalue weighted by Crippen LogP contribution is 2.12. The molecule has 0 heterocycles. The van der Waals surface area contributed by atoms with Gasteiger partial charge in [-0.2, -0.15) is 0 Å². The van der Waals surface area contributed by atoms with Crippen molar-refractivity contribution in [2.45, 2.75) is 96.8 Å². The molecular weight excluding hydrogens is 236 g/mol. The molecule has 0 spiro atoms. The van der Waals surface area contributed by atoms with Crippen molar-refractivity contribution < 1.29 is 11.0 Å². The third-order valence-corrected chi connectivity index (χ3v) is 3.71. The van der Waals surface area contributed by atoms with Crippen LogP contribution in [0.4, 0.5) is 0 Å². The molecule has 0 rings (SSSR count). The second kappa shape index (κ2) is 15.5. The van der Waals surface area contributed by atoms with Gasteiger partial charge in [-0.3, -0.25) is 4.79 Å². The van der Waals surface area contributed by atoms with Gasteiger partial charge in [-0.1, -0.05) is 84.0 Å². The topological polar surface area (TPSA) is 26.3 Å². The Morgan fingerprint density at radius 1 is 0.737 bits per heavy atom. The Labute approximate surface area is 121 Å². The van der Waals surface area contributed by atoms with E-state index in [0.29, 0.717) is 6.42 Å². The molecule has 0 aliphatic rings. The Hall–Kier alpha value is -0.530. The summed E-state index contributed by atoms with van der Waals surface area (Å²) in [6.07, 6.45) is 18.0. The highest BCUT2D eigenvalue weighted by Gasteiger charge is 1.99. The van der Waals surface area contributed by atoms with Gasteiger partial charge in [0.25, 0.3) is 0 Å². The molecule has 0 aromatic rings. The molecule has 0 aliphatic carbocycles. The average molecular weight is 272 g/mol. The molecule has 0 unspecified atom stereocenters. The zero-order chi connectivity index (χ0) is 14.2. The van der Waals surface area contributed by atoms with Crippen molar-refractivity contribution in [1.29, 1.82) is 0 Å². The van der Waals surface area contributed by atoms with Crippen LogP contribution in [0.15, 0.2) is 0 Å². The highest BCUT2D eigenvalue weighted by molar-refractivity contribution is 5.68. The largest absolute Gasteiger partial charge is 0.469 e. The standard InChI is InChI=1S/C17H34O2.H2/c1-3-4-5-6-7-8-9-10-11-12-13-14-15-16-17(18)19-2;/h3-16H2,1-2H3;1H. The van der Waals surface area contributed by atoms with Crippen molar-refractivity contribution in [3.05, 3.63) is 0 Å². The molecule has 0 aromatic heterocycles. The van der Waals surface area contributed by atoms with Crippen molar-refractivity contribution in [3.63, 3.8) is 0 Å². The summed E-state index contributed by atoms with van der Waals surface area (Å²) in [6.45, 7) is 2.27. The molecule has 0 radical (unpaired) electrons. The van der Waals surface area contributed by atoms with Crippen LogP contribution >= 0.6 is 0 Å². The summed E-state index contributed by atoms with van der Waals surface area (Å²) in [5.41, 5.74) is 0. The minimum Gasteiger partial charge on any atom is -0.469 e. The monoisotopic (exact) mass is 272 g/mol. The summed E-state index contributed by atoms with van der Waals surface area (Å²) in [6, 6.07) is 0. The van der Waals surface area contributed by atoms with Gasteiger partial charge in [0.05, 0.1) is 7.11 Å². The van der Waals surface area contributed by atoms with E-state index in [1.54, 1.807) is 0 Å². The number of methoxy groups -OCH3 is 1. The molecule has 19 heavy (non-hydrogen) atoms. The number of hydrogen-bond acceptors (Lipinski definition) is 2. The Morgan fingerprint density at radius 2 is 1.11 bits per heavy atom. The predicted octanol–water partition coefficient (Wildman–Crippen LogP) is 5.89. The Kier molecular flexibility index (Phi) is 15.1. The molecule has 2 nitrogen and oxygen atoms in total. The molecular formula is C17H36O2. The van der Waals surface area contributed by atoms with Crippen LogP contribution in [-0.4, -0.2) is 13.1 Å². The number of esters is 1. The molecule has 0 aliphatic heterocycles. The maximum atomic E-state index is 10.9. The van der Waals surface area contributed by atoms with Crippen molar-refractivity contribution in [2.24, 2.45) is 0 Å². The fraction of sp³-hybridized carbons (Fsp3) is 0.941. The summed E-state index contributed by atoms with van der Waals surface area (Å²) >= 11 is 0. The molecule has 0 atom stereocenters. The number of carbonyl (C=O) groups excluding carboxylic acids is 1. The van der Waals surface area contributed by atoms with E-state index in [1.807, 2.05) is 0 Å². The third kappa shape index (κ3) is 15.4. The summed E-state index contributed by atoms with van der Waals surface area (Å²) in [7, 11) is 1.46. The van der Waals surface area contributed by atoms with E-state index in [0.717, 1.165) is 6.42 Å². The van der Waals surface area contributed by atoms with Gasteiger partial charge in [0.1, 0.15) is 0 Å². The van der Waals surface area contributed by atoms with E-state index in [1.165, 1.54) is 84.2 Å². The first-order chi connectivity index (χ1) is 9.31. The third-order valence-electron chi connectivity index (χ3n) is 3.71. The highest BCUT2D eigenvalue weighted by atomic mass is 16.5. The van der Waals surface area contributed by atoms with Crippen molar-refractivity contribution in [3.8, 4) is 0 Å². The fourth-order valence-electron chi connectivity index (χ4n) is 2.39. The summed E-state index contributed by atoms with van der Waals surface area (Å²) in [4.78, 5) is 10.9. The second-order valence-electron chi connectivity index (χ2n) is 5.57. The number of unbranched alkanes of at least 4 members (excludes halogenated alkanes) is 12. The van der Waals surface area contributed by atoms with Gasteiger partial charge >= 0.3 is 5.97 Å². The zero-order valence-corrected chi connectivity index (χ0v) is 13.2. The molecule has 2 heteroatoms. The second-order valence-corrected chi connectivity index (χ2v) is 5.57. The SMILES string of the molecule is CCCCCCCCCCCCCCCC(=O)OC.[HH]. The molecule has 0 saturated heterocycles. The molecule has 116 valence electrons. The van der Waals surface area contributed by atoms with E-state index in [-0.39, 0.29) is 7.40 Å². The normalized spacial score (nSPS) is 10.6. The van der Waals surface area contributed by atoms with Gasteiger partial charge in [0.15, 0.2) is 0 Å². The minimum absolute atomic E-state index is 0. The number of rotatable bonds is 14. The molecule has 0 bridgehead atoms. The van der Waals surface area contributed by atoms with Crippen molar-refractivity contribution in [2.75, 3.05) is 7.11 Å². The van der Waals surface area contributed by atoms with Crippen molar-refractivity contribution in [1.82, 2.24) is 0 Å². The molecule has 0 fully saturated rings. The summed E-state index contributed by atoms with van der Waals surface area (Å²) in [5, 5.41) is 0. The van der Waals surface area contributed by atoms with E-state index >= 15 is 0 Å². The van der Waals surface area contributed by atoms with Gasteiger partial charge < -0.3 is 4.74 Å². The van der Waals surface area contributed by atoms with Crippen molar-refractivity contribution >= 4 is 5.97 Å². The maximum absolute atomic E-state index is 10.9. The van der Waals surface area contributed by atoms with Crippen LogP contribution in [0, 0.1) is 0 Å². The molecule has 0 saturated carbocycles. The number of carbonyl (C=O) groups is 1. The first-order valence-electron chi connectivity index (χ1n) is 8.38. The van der Waals surface area contributed by atoms with Crippen LogP contribution in [0.2, 0.25) is 0 Å². The smallest absolute Gasteiger partial charge is 0.305 e. The quantitative estimate of drug-likeness (QED) is 0.291. The minimum atomic E-state index is -0.0666. The van der Waals surface area contributed by atoms with Crippen LogP contribution in [0.5, 0.6) is 0 Å². The Balaban J connectivity index is 0. The summed E-state index contributed by atoms with van der Waals surface area (Å²) in [5.74, 6) is -0.0666. The first kappa shape index (κ1) is 18.5. The lowest BCUT2D eigenvalue weighted by molar-refractivity contribution is -0.140. The van der Waals surface area contributed by atoms with Gasteiger partial charge in [0, 0.05) is 7.85 Å². The number of hydrogen-bond donors (Lipinski definition) is 0. The molecule has 0 N–H and O–H groups in total. The molecule has 0 amide bonds. The predicted molar refractivity (Wildman–Crippen MR) is 84.4 cm³/mol. The van der Waals surface area contributed by atoms with Crippen LogP contribution in [-0.2, 0) is 9.53 Å². The lowest BCUT2D eigenvalue weighted by Crippen LogP contribution is -1.99. The van der Waals surface area contributed by atoms with Crippen LogP contribution in [0.3, 0.4) is 0 Å². The first-order valence-corrected chi connectivity index (χ1v) is 8.38. The van der Waals surface area contributed by atoms with Gasteiger partial charge in [-0.05, 0) is 6.42 Å². The summed E-state index contributed by atoms with van der Waals surface area (Å²) < 4.78 is 4.62. The van der Waals surface area contributed by atoms with E-state index in [2.05, 4.69) is 11.7 Å². The van der Waals surface area contributed by atoms with Crippen LogP contribution in [0.25, 0.3) is 0 Å². The van der Waals surface area contributed by atoms with Gasteiger partial charge in [-0.15, -0.1) is 0 Å². The van der Waals surface area contributed by atoms with Crippen LogP contribution in [0.1, 0.15) is 98.2 Å². The fourth-order valence-corrected chi connectivity index (χ4v) is 2.39.